The van der Waals surface area contributed by atoms with E-state index in [0.29, 0.717) is 0 Å². The standard InChI is InChI=1S/C13H21NO2/c1-10-5-6-13(10)7-8-14(9-13)11(15)16-12(2,3)4/h1,5-9H2,2-4H3/t13-/m0/s1. The van der Waals surface area contributed by atoms with Crippen LogP contribution in [0.1, 0.15) is 40.0 Å². The van der Waals surface area contributed by atoms with Gasteiger partial charge in [-0.3, -0.25) is 0 Å². The number of carbonyl (C=O) groups excluding carboxylic acids is 1. The van der Waals surface area contributed by atoms with Gasteiger partial charge in [0.05, 0.1) is 0 Å². The average molecular weight is 223 g/mol. The van der Waals surface area contributed by atoms with Gasteiger partial charge < -0.3 is 9.64 Å². The molecule has 1 aliphatic heterocycles. The third kappa shape index (κ3) is 1.95. The Morgan fingerprint density at radius 3 is 2.50 bits per heavy atom. The van der Waals surface area contributed by atoms with Gasteiger partial charge in [-0.2, -0.15) is 0 Å². The number of likely N-dealkylation sites (tertiary alicyclic amines) is 1. The van der Waals surface area contributed by atoms with E-state index in [-0.39, 0.29) is 11.5 Å². The average Bonchev–Trinajstić information content (AvgIpc) is 2.59. The summed E-state index contributed by atoms with van der Waals surface area (Å²) in [5.41, 5.74) is 1.15. The predicted molar refractivity (Wildman–Crippen MR) is 63.2 cm³/mol. The molecule has 3 heteroatoms. The van der Waals surface area contributed by atoms with Crippen molar-refractivity contribution in [2.45, 2.75) is 45.6 Å². The molecule has 2 aliphatic rings. The largest absolute Gasteiger partial charge is 0.444 e. The fraction of sp³-hybridized carbons (Fsp3) is 0.769. The molecule has 1 amide bonds. The van der Waals surface area contributed by atoms with Gasteiger partial charge in [-0.15, -0.1) is 0 Å². The molecule has 0 aromatic heterocycles. The van der Waals surface area contributed by atoms with Crippen LogP contribution in [0.5, 0.6) is 0 Å². The first-order chi connectivity index (χ1) is 7.32. The Kier molecular flexibility index (Phi) is 2.52. The summed E-state index contributed by atoms with van der Waals surface area (Å²) in [6.07, 6.45) is 3.20. The minimum absolute atomic E-state index is 0.177. The van der Waals surface area contributed by atoms with E-state index in [9.17, 15) is 4.79 Å². The SMILES string of the molecule is C=C1CC[C@@]12CCN(C(=O)OC(C)(C)C)C2. The van der Waals surface area contributed by atoms with E-state index in [1.165, 1.54) is 12.0 Å². The molecule has 0 unspecified atom stereocenters. The van der Waals surface area contributed by atoms with E-state index in [1.54, 1.807) is 0 Å². The van der Waals surface area contributed by atoms with Crippen LogP contribution in [0.3, 0.4) is 0 Å². The molecule has 1 heterocycles. The van der Waals surface area contributed by atoms with Gasteiger partial charge in [-0.05, 0) is 40.0 Å². The molecule has 3 nitrogen and oxygen atoms in total. The van der Waals surface area contributed by atoms with Crippen LogP contribution in [0.4, 0.5) is 4.79 Å². The van der Waals surface area contributed by atoms with Crippen molar-refractivity contribution in [2.75, 3.05) is 13.1 Å². The molecule has 0 radical (unpaired) electrons. The monoisotopic (exact) mass is 223 g/mol. The smallest absolute Gasteiger partial charge is 0.410 e. The molecule has 1 atom stereocenters. The Morgan fingerprint density at radius 2 is 2.12 bits per heavy atom. The molecule has 0 bridgehead atoms. The maximum Gasteiger partial charge on any atom is 0.410 e. The quantitative estimate of drug-likeness (QED) is 0.591. The second-order valence-electron chi connectivity index (χ2n) is 6.04. The Hall–Kier alpha value is -0.990. The van der Waals surface area contributed by atoms with Gasteiger partial charge in [0.15, 0.2) is 0 Å². The second-order valence-corrected chi connectivity index (χ2v) is 6.04. The van der Waals surface area contributed by atoms with Gasteiger partial charge in [0.1, 0.15) is 5.60 Å². The highest BCUT2D eigenvalue weighted by molar-refractivity contribution is 5.69. The lowest BCUT2D eigenvalue weighted by atomic mass is 9.65. The number of amides is 1. The number of hydrogen-bond donors (Lipinski definition) is 0. The number of nitrogens with zero attached hydrogens (tertiary/aromatic N) is 1. The fourth-order valence-corrected chi connectivity index (χ4v) is 2.50. The molecule has 0 N–H and O–H groups in total. The minimum Gasteiger partial charge on any atom is -0.444 e. The summed E-state index contributed by atoms with van der Waals surface area (Å²) in [5.74, 6) is 0. The number of carbonyl (C=O) groups is 1. The van der Waals surface area contributed by atoms with E-state index in [2.05, 4.69) is 6.58 Å². The number of hydrogen-bond acceptors (Lipinski definition) is 2. The Morgan fingerprint density at radius 1 is 1.44 bits per heavy atom. The maximum atomic E-state index is 11.9. The van der Waals surface area contributed by atoms with Crippen LogP contribution in [-0.2, 0) is 4.74 Å². The lowest BCUT2D eigenvalue weighted by Gasteiger charge is -2.40. The molecule has 90 valence electrons. The molecular formula is C13H21NO2. The van der Waals surface area contributed by atoms with Crippen molar-refractivity contribution in [3.63, 3.8) is 0 Å². The van der Waals surface area contributed by atoms with Crippen molar-refractivity contribution >= 4 is 6.09 Å². The molecule has 1 saturated heterocycles. The summed E-state index contributed by atoms with van der Waals surface area (Å²) in [4.78, 5) is 13.7. The molecular weight excluding hydrogens is 202 g/mol. The van der Waals surface area contributed by atoms with Crippen LogP contribution < -0.4 is 0 Å². The lowest BCUT2D eigenvalue weighted by Crippen LogP contribution is -2.39. The highest BCUT2D eigenvalue weighted by atomic mass is 16.6. The van der Waals surface area contributed by atoms with Crippen molar-refractivity contribution in [2.24, 2.45) is 5.41 Å². The molecule has 0 aromatic rings. The van der Waals surface area contributed by atoms with Crippen LogP contribution in [0.2, 0.25) is 0 Å². The van der Waals surface area contributed by atoms with Gasteiger partial charge in [0.2, 0.25) is 0 Å². The molecule has 0 aromatic carbocycles. The van der Waals surface area contributed by atoms with Gasteiger partial charge in [0, 0.05) is 18.5 Å². The molecule has 16 heavy (non-hydrogen) atoms. The maximum absolute atomic E-state index is 11.9. The van der Waals surface area contributed by atoms with E-state index in [1.807, 2.05) is 25.7 Å². The zero-order valence-corrected chi connectivity index (χ0v) is 10.5. The molecule has 1 aliphatic carbocycles. The van der Waals surface area contributed by atoms with Gasteiger partial charge >= 0.3 is 6.09 Å². The zero-order valence-electron chi connectivity index (χ0n) is 10.5. The first-order valence-electron chi connectivity index (χ1n) is 5.99. The van der Waals surface area contributed by atoms with E-state index in [0.717, 1.165) is 25.9 Å². The molecule has 1 saturated carbocycles. The fourth-order valence-electron chi connectivity index (χ4n) is 2.50. The second kappa shape index (κ2) is 3.51. The van der Waals surface area contributed by atoms with Gasteiger partial charge in [0.25, 0.3) is 0 Å². The predicted octanol–water partition coefficient (Wildman–Crippen LogP) is 2.96. The Balaban J connectivity index is 1.94. The van der Waals surface area contributed by atoms with E-state index < -0.39 is 5.60 Å². The van der Waals surface area contributed by atoms with E-state index >= 15 is 0 Å². The van der Waals surface area contributed by atoms with Crippen LogP contribution in [0, 0.1) is 5.41 Å². The minimum atomic E-state index is -0.399. The summed E-state index contributed by atoms with van der Waals surface area (Å²) in [6.45, 7) is 11.4. The van der Waals surface area contributed by atoms with E-state index in [4.69, 9.17) is 4.74 Å². The Labute approximate surface area is 97.5 Å². The lowest BCUT2D eigenvalue weighted by molar-refractivity contribution is 0.0269. The number of ether oxygens (including phenoxy) is 1. The molecule has 2 fully saturated rings. The third-order valence-corrected chi connectivity index (χ3v) is 3.66. The summed E-state index contributed by atoms with van der Waals surface area (Å²) in [6, 6.07) is 0. The number of rotatable bonds is 0. The van der Waals surface area contributed by atoms with Crippen LogP contribution >= 0.6 is 0 Å². The Bertz CT molecular complexity index is 329. The summed E-state index contributed by atoms with van der Waals surface area (Å²) in [7, 11) is 0. The van der Waals surface area contributed by atoms with Gasteiger partial charge in [-0.1, -0.05) is 12.2 Å². The van der Waals surface area contributed by atoms with Crippen LogP contribution in [0.15, 0.2) is 12.2 Å². The molecule has 2 rings (SSSR count). The van der Waals surface area contributed by atoms with Crippen molar-refractivity contribution in [1.82, 2.24) is 4.90 Å². The topological polar surface area (TPSA) is 29.5 Å². The first-order valence-corrected chi connectivity index (χ1v) is 5.99. The van der Waals surface area contributed by atoms with Crippen molar-refractivity contribution in [3.05, 3.63) is 12.2 Å². The van der Waals surface area contributed by atoms with Crippen LogP contribution in [-0.4, -0.2) is 29.7 Å². The highest BCUT2D eigenvalue weighted by Gasteiger charge is 2.47. The third-order valence-electron chi connectivity index (χ3n) is 3.66. The van der Waals surface area contributed by atoms with Gasteiger partial charge in [-0.25, -0.2) is 4.79 Å². The first kappa shape index (κ1) is 11.5. The summed E-state index contributed by atoms with van der Waals surface area (Å²) >= 11 is 0. The summed E-state index contributed by atoms with van der Waals surface area (Å²) in [5, 5.41) is 0. The molecule has 1 spiro atoms. The van der Waals surface area contributed by atoms with Crippen LogP contribution in [0.25, 0.3) is 0 Å². The normalized spacial score (nSPS) is 29.4. The summed E-state index contributed by atoms with van der Waals surface area (Å²) < 4.78 is 5.38. The van der Waals surface area contributed by atoms with Crippen molar-refractivity contribution in [1.29, 1.82) is 0 Å². The zero-order chi connectivity index (χ0) is 12.0. The highest BCUT2D eigenvalue weighted by Crippen LogP contribution is 2.51. The van der Waals surface area contributed by atoms with Crippen molar-refractivity contribution < 1.29 is 9.53 Å². The van der Waals surface area contributed by atoms with Crippen molar-refractivity contribution in [3.8, 4) is 0 Å².